The number of unbranched alkanes of at least 4 members (excludes halogenated alkanes) is 5. The maximum Gasteiger partial charge on any atom is -0.0414 e. The second kappa shape index (κ2) is 9.24. The molecule has 0 nitrogen and oxygen atoms in total. The van der Waals surface area contributed by atoms with Crippen molar-refractivity contribution in [2.24, 2.45) is 5.92 Å². The predicted molar refractivity (Wildman–Crippen MR) is 68.9 cm³/mol. The molecule has 0 atom stereocenters. The average Bonchev–Trinajstić information content (AvgIpc) is 2.52. The van der Waals surface area contributed by atoms with Crippen LogP contribution in [-0.2, 0) is 0 Å². The lowest BCUT2D eigenvalue weighted by Gasteiger charge is -2.13. The van der Waals surface area contributed by atoms with Gasteiger partial charge in [-0.2, -0.15) is 0 Å². The second-order valence-corrected chi connectivity index (χ2v) is 5.27. The van der Waals surface area contributed by atoms with Crippen molar-refractivity contribution in [3.63, 3.8) is 0 Å². The highest BCUT2D eigenvalue weighted by atomic mass is 14.2. The Labute approximate surface area is 96.8 Å². The SMILES string of the molecule is [CH2]CCCCCCCC1CCCCCC1. The van der Waals surface area contributed by atoms with Gasteiger partial charge in [0.15, 0.2) is 0 Å². The molecule has 0 heterocycles. The van der Waals surface area contributed by atoms with E-state index in [0.29, 0.717) is 0 Å². The maximum atomic E-state index is 3.89. The summed E-state index contributed by atoms with van der Waals surface area (Å²) in [4.78, 5) is 0. The van der Waals surface area contributed by atoms with Gasteiger partial charge in [-0.1, -0.05) is 90.4 Å². The molecule has 0 bridgehead atoms. The molecule has 1 radical (unpaired) electrons. The average molecular weight is 209 g/mol. The van der Waals surface area contributed by atoms with Gasteiger partial charge in [0, 0.05) is 0 Å². The van der Waals surface area contributed by atoms with Gasteiger partial charge in [-0.25, -0.2) is 0 Å². The zero-order valence-electron chi connectivity index (χ0n) is 10.5. The van der Waals surface area contributed by atoms with Crippen LogP contribution in [0, 0.1) is 12.8 Å². The summed E-state index contributed by atoms with van der Waals surface area (Å²) in [5, 5.41) is 0. The number of hydrogen-bond acceptors (Lipinski definition) is 0. The van der Waals surface area contributed by atoms with Gasteiger partial charge in [0.1, 0.15) is 0 Å². The van der Waals surface area contributed by atoms with Crippen LogP contribution in [0.2, 0.25) is 0 Å². The standard InChI is InChI=1S/C15H29/c1-2-3-4-5-6-9-12-15-13-10-7-8-11-14-15/h15H,1-14H2. The Morgan fingerprint density at radius 1 is 0.733 bits per heavy atom. The fraction of sp³-hybridized carbons (Fsp3) is 0.933. The van der Waals surface area contributed by atoms with Crippen molar-refractivity contribution in [3.8, 4) is 0 Å². The molecule has 0 aromatic heterocycles. The van der Waals surface area contributed by atoms with Crippen LogP contribution in [0.5, 0.6) is 0 Å². The summed E-state index contributed by atoms with van der Waals surface area (Å²) in [5.41, 5.74) is 0. The van der Waals surface area contributed by atoms with Crippen molar-refractivity contribution in [3.05, 3.63) is 6.92 Å². The van der Waals surface area contributed by atoms with Crippen molar-refractivity contribution in [1.29, 1.82) is 0 Å². The van der Waals surface area contributed by atoms with Crippen LogP contribution in [0.3, 0.4) is 0 Å². The Kier molecular flexibility index (Phi) is 8.05. The molecule has 89 valence electrons. The summed E-state index contributed by atoms with van der Waals surface area (Å²) in [7, 11) is 0. The molecule has 1 fully saturated rings. The molecule has 0 aliphatic heterocycles. The van der Waals surface area contributed by atoms with Gasteiger partial charge < -0.3 is 0 Å². The van der Waals surface area contributed by atoms with Crippen LogP contribution in [0.4, 0.5) is 0 Å². The van der Waals surface area contributed by atoms with Gasteiger partial charge in [-0.15, -0.1) is 0 Å². The normalized spacial score (nSPS) is 19.0. The van der Waals surface area contributed by atoms with Crippen LogP contribution in [0.25, 0.3) is 0 Å². The van der Waals surface area contributed by atoms with E-state index >= 15 is 0 Å². The van der Waals surface area contributed by atoms with E-state index in [1.165, 1.54) is 77.0 Å². The van der Waals surface area contributed by atoms with E-state index in [1.54, 1.807) is 0 Å². The van der Waals surface area contributed by atoms with Crippen LogP contribution in [0.15, 0.2) is 0 Å². The highest BCUT2D eigenvalue weighted by Crippen LogP contribution is 2.27. The summed E-state index contributed by atoms with van der Waals surface area (Å²) in [6, 6.07) is 0. The first-order chi connectivity index (χ1) is 7.43. The minimum Gasteiger partial charge on any atom is -0.0533 e. The lowest BCUT2D eigenvalue weighted by atomic mass is 9.93. The molecule has 1 saturated carbocycles. The van der Waals surface area contributed by atoms with Crippen LogP contribution >= 0.6 is 0 Å². The van der Waals surface area contributed by atoms with E-state index in [-0.39, 0.29) is 0 Å². The van der Waals surface area contributed by atoms with E-state index in [4.69, 9.17) is 0 Å². The Morgan fingerprint density at radius 3 is 2.00 bits per heavy atom. The van der Waals surface area contributed by atoms with E-state index in [2.05, 4.69) is 6.92 Å². The van der Waals surface area contributed by atoms with Gasteiger partial charge in [0.25, 0.3) is 0 Å². The molecule has 0 unspecified atom stereocenters. The second-order valence-electron chi connectivity index (χ2n) is 5.27. The third kappa shape index (κ3) is 6.98. The first kappa shape index (κ1) is 13.1. The first-order valence-corrected chi connectivity index (χ1v) is 7.22. The third-order valence-electron chi connectivity index (χ3n) is 3.84. The smallest absolute Gasteiger partial charge is 0.0414 e. The van der Waals surface area contributed by atoms with Gasteiger partial charge in [-0.05, 0) is 5.92 Å². The Hall–Kier alpha value is 0. The van der Waals surface area contributed by atoms with Crippen molar-refractivity contribution in [2.45, 2.75) is 83.5 Å². The number of rotatable bonds is 7. The summed E-state index contributed by atoms with van der Waals surface area (Å²) in [5.74, 6) is 1.08. The highest BCUT2D eigenvalue weighted by Gasteiger charge is 2.11. The van der Waals surface area contributed by atoms with Crippen molar-refractivity contribution >= 4 is 0 Å². The van der Waals surface area contributed by atoms with Gasteiger partial charge in [-0.3, -0.25) is 0 Å². The molecular formula is C15H29. The zero-order chi connectivity index (χ0) is 10.8. The van der Waals surface area contributed by atoms with Crippen LogP contribution < -0.4 is 0 Å². The van der Waals surface area contributed by atoms with Crippen molar-refractivity contribution < 1.29 is 0 Å². The van der Waals surface area contributed by atoms with E-state index in [0.717, 1.165) is 12.3 Å². The topological polar surface area (TPSA) is 0 Å². The highest BCUT2D eigenvalue weighted by molar-refractivity contribution is 4.64. The molecule has 0 N–H and O–H groups in total. The maximum absolute atomic E-state index is 3.89. The molecule has 0 saturated heterocycles. The quantitative estimate of drug-likeness (QED) is 0.382. The van der Waals surface area contributed by atoms with Gasteiger partial charge >= 0.3 is 0 Å². The molecule has 0 heteroatoms. The van der Waals surface area contributed by atoms with E-state index < -0.39 is 0 Å². The molecule has 1 aliphatic carbocycles. The largest absolute Gasteiger partial charge is 0.0533 e. The fourth-order valence-corrected chi connectivity index (χ4v) is 2.79. The molecule has 0 aromatic rings. The molecule has 1 aliphatic rings. The molecular weight excluding hydrogens is 180 g/mol. The minimum atomic E-state index is 1.08. The zero-order valence-corrected chi connectivity index (χ0v) is 10.5. The molecule has 15 heavy (non-hydrogen) atoms. The van der Waals surface area contributed by atoms with Crippen LogP contribution in [-0.4, -0.2) is 0 Å². The summed E-state index contributed by atoms with van der Waals surface area (Å²) >= 11 is 0. The van der Waals surface area contributed by atoms with Crippen molar-refractivity contribution in [2.75, 3.05) is 0 Å². The number of hydrogen-bond donors (Lipinski definition) is 0. The lowest BCUT2D eigenvalue weighted by Crippen LogP contribution is -1.98. The minimum absolute atomic E-state index is 1.08. The van der Waals surface area contributed by atoms with E-state index in [9.17, 15) is 0 Å². The Balaban J connectivity index is 1.89. The van der Waals surface area contributed by atoms with E-state index in [1.807, 2.05) is 0 Å². The Bertz CT molecular complexity index is 120. The lowest BCUT2D eigenvalue weighted by molar-refractivity contribution is 0.405. The molecule has 0 amide bonds. The van der Waals surface area contributed by atoms with Gasteiger partial charge in [0.05, 0.1) is 0 Å². The molecule has 1 rings (SSSR count). The first-order valence-electron chi connectivity index (χ1n) is 7.22. The van der Waals surface area contributed by atoms with Gasteiger partial charge in [0.2, 0.25) is 0 Å². The van der Waals surface area contributed by atoms with Crippen LogP contribution in [0.1, 0.15) is 83.5 Å². The Morgan fingerprint density at radius 2 is 1.33 bits per heavy atom. The molecule has 0 spiro atoms. The monoisotopic (exact) mass is 209 g/mol. The third-order valence-corrected chi connectivity index (χ3v) is 3.84. The summed E-state index contributed by atoms with van der Waals surface area (Å²) in [6.45, 7) is 3.89. The summed E-state index contributed by atoms with van der Waals surface area (Å²) in [6.07, 6.45) is 18.9. The predicted octanol–water partition coefficient (Wildman–Crippen LogP) is 5.52. The molecule has 0 aromatic carbocycles. The van der Waals surface area contributed by atoms with Crippen molar-refractivity contribution in [1.82, 2.24) is 0 Å². The fourth-order valence-electron chi connectivity index (χ4n) is 2.79. The summed E-state index contributed by atoms with van der Waals surface area (Å²) < 4.78 is 0.